The summed E-state index contributed by atoms with van der Waals surface area (Å²) < 4.78 is 20.4. The molecule has 2 aromatic heterocycles. The normalized spacial score (nSPS) is 15.2. The van der Waals surface area contributed by atoms with Crippen molar-refractivity contribution in [1.29, 1.82) is 0 Å². The highest BCUT2D eigenvalue weighted by Crippen LogP contribution is 2.42. The maximum Gasteiger partial charge on any atom is 0.252 e. The van der Waals surface area contributed by atoms with E-state index < -0.39 is 17.8 Å². The van der Waals surface area contributed by atoms with Crippen LogP contribution < -0.4 is 15.0 Å². The number of hydrogen-bond acceptors (Lipinski definition) is 5. The Kier molecular flexibility index (Phi) is 5.55. The number of ether oxygens (including phenoxy) is 1. The first-order chi connectivity index (χ1) is 14.8. The van der Waals surface area contributed by atoms with Crippen molar-refractivity contribution in [2.24, 2.45) is 0 Å². The summed E-state index contributed by atoms with van der Waals surface area (Å²) in [5, 5.41) is 6.83. The molecule has 0 aliphatic carbocycles. The van der Waals surface area contributed by atoms with Gasteiger partial charge in [0.05, 0.1) is 29.1 Å². The molecule has 2 amide bonds. The van der Waals surface area contributed by atoms with Gasteiger partial charge in [-0.1, -0.05) is 23.2 Å². The van der Waals surface area contributed by atoms with Gasteiger partial charge >= 0.3 is 0 Å². The van der Waals surface area contributed by atoms with Gasteiger partial charge in [0, 0.05) is 18.0 Å². The molecule has 3 heterocycles. The number of methoxy groups -OCH3 is 1. The average molecular weight is 464 g/mol. The van der Waals surface area contributed by atoms with Crippen LogP contribution in [0.25, 0.3) is 11.3 Å². The summed E-state index contributed by atoms with van der Waals surface area (Å²) in [6.45, 7) is 1.32. The van der Waals surface area contributed by atoms with Crippen LogP contribution in [0.3, 0.4) is 0 Å². The molecule has 160 valence electrons. The van der Waals surface area contributed by atoms with Gasteiger partial charge in [-0.15, -0.1) is 0 Å². The molecule has 1 aliphatic rings. The van der Waals surface area contributed by atoms with E-state index in [0.29, 0.717) is 16.9 Å². The molecule has 0 fully saturated rings. The monoisotopic (exact) mass is 463 g/mol. The Labute approximate surface area is 186 Å². The minimum atomic E-state index is -0.708. The summed E-state index contributed by atoms with van der Waals surface area (Å²) in [5.74, 6) is -1.41. The molecule has 1 unspecified atom stereocenters. The number of benzene rings is 1. The fourth-order valence-electron chi connectivity index (χ4n) is 3.38. The molecule has 0 bridgehead atoms. The van der Waals surface area contributed by atoms with Crippen molar-refractivity contribution in [3.8, 4) is 17.1 Å². The van der Waals surface area contributed by atoms with Crippen molar-refractivity contribution < 1.29 is 18.7 Å². The van der Waals surface area contributed by atoms with Crippen LogP contribution in [0.2, 0.25) is 10.2 Å². The largest absolute Gasteiger partial charge is 0.481 e. The van der Waals surface area contributed by atoms with E-state index in [4.69, 9.17) is 27.9 Å². The Morgan fingerprint density at radius 1 is 1.29 bits per heavy atom. The summed E-state index contributed by atoms with van der Waals surface area (Å²) in [6, 6.07) is 6.42. The number of fused-ring (bicyclic) bond motifs is 3. The van der Waals surface area contributed by atoms with Gasteiger partial charge < -0.3 is 15.0 Å². The summed E-state index contributed by atoms with van der Waals surface area (Å²) >= 11 is 12.1. The van der Waals surface area contributed by atoms with Crippen LogP contribution in [0, 0.1) is 5.82 Å². The fraction of sp³-hybridized carbons (Fsp3) is 0.200. The second-order valence-corrected chi connectivity index (χ2v) is 7.55. The molecule has 1 aliphatic heterocycles. The third-order valence-electron chi connectivity index (χ3n) is 4.85. The lowest BCUT2D eigenvalue weighted by Crippen LogP contribution is -2.41. The Hall–Kier alpha value is -3.17. The number of nitrogens with one attached hydrogen (secondary N) is 1. The molecule has 0 radical (unpaired) electrons. The van der Waals surface area contributed by atoms with E-state index in [1.807, 2.05) is 0 Å². The number of hydrogen-bond donors (Lipinski definition) is 1. The first kappa shape index (κ1) is 21.1. The number of nitrogens with zero attached hydrogens (tertiary/aromatic N) is 4. The van der Waals surface area contributed by atoms with E-state index in [1.165, 1.54) is 34.9 Å². The van der Waals surface area contributed by atoms with Gasteiger partial charge in [0.2, 0.25) is 11.8 Å². The van der Waals surface area contributed by atoms with Crippen LogP contribution >= 0.6 is 23.2 Å². The molecule has 3 aromatic rings. The Morgan fingerprint density at radius 2 is 2.06 bits per heavy atom. The number of halogens is 3. The second kappa shape index (κ2) is 8.16. The van der Waals surface area contributed by atoms with Gasteiger partial charge in [0.25, 0.3) is 5.91 Å². The smallest absolute Gasteiger partial charge is 0.252 e. The van der Waals surface area contributed by atoms with Crippen LogP contribution in [0.15, 0.2) is 36.5 Å². The standard InChI is InChI=1S/C20H16Cl2FN5O3/c1-10-20(30)27(9-16(29)25-11-3-4-12(21)13(23)7-11)15-8-17(31-2)26-19(22)18(15)14-5-6-24-28(10)14/h3-8,10H,9H2,1-2H3,(H,25,29). The van der Waals surface area contributed by atoms with E-state index in [0.717, 1.165) is 6.07 Å². The van der Waals surface area contributed by atoms with Gasteiger partial charge in [-0.05, 0) is 31.2 Å². The summed E-state index contributed by atoms with van der Waals surface area (Å²) in [7, 11) is 1.42. The number of carbonyl (C=O) groups excluding carboxylic acids is 2. The van der Waals surface area contributed by atoms with Crippen molar-refractivity contribution in [2.45, 2.75) is 13.0 Å². The van der Waals surface area contributed by atoms with E-state index in [2.05, 4.69) is 15.4 Å². The number of pyridine rings is 1. The van der Waals surface area contributed by atoms with Crippen molar-refractivity contribution >= 4 is 46.4 Å². The van der Waals surface area contributed by atoms with Gasteiger partial charge in [0.1, 0.15) is 23.6 Å². The van der Waals surface area contributed by atoms with Gasteiger partial charge in [-0.25, -0.2) is 9.37 Å². The highest BCUT2D eigenvalue weighted by molar-refractivity contribution is 6.33. The molecule has 31 heavy (non-hydrogen) atoms. The molecule has 0 saturated carbocycles. The highest BCUT2D eigenvalue weighted by Gasteiger charge is 2.35. The molecule has 4 rings (SSSR count). The maximum atomic E-state index is 13.7. The lowest BCUT2D eigenvalue weighted by molar-refractivity contribution is -0.123. The summed E-state index contributed by atoms with van der Waals surface area (Å²) in [5.41, 5.74) is 1.59. The zero-order valence-corrected chi connectivity index (χ0v) is 17.9. The van der Waals surface area contributed by atoms with Crippen molar-refractivity contribution in [3.05, 3.63) is 52.5 Å². The number of rotatable bonds is 4. The summed E-state index contributed by atoms with van der Waals surface area (Å²) in [4.78, 5) is 31.5. The molecule has 11 heteroatoms. The van der Waals surface area contributed by atoms with Crippen LogP contribution in [-0.4, -0.2) is 40.2 Å². The summed E-state index contributed by atoms with van der Waals surface area (Å²) in [6.07, 6.45) is 1.56. The maximum absolute atomic E-state index is 13.7. The minimum absolute atomic E-state index is 0.0629. The number of amides is 2. The van der Waals surface area contributed by atoms with Crippen LogP contribution in [0.1, 0.15) is 13.0 Å². The molecule has 1 aromatic carbocycles. The molecule has 0 saturated heterocycles. The number of aromatic nitrogens is 3. The van der Waals surface area contributed by atoms with Gasteiger partial charge in [0.15, 0.2) is 0 Å². The third-order valence-corrected chi connectivity index (χ3v) is 5.43. The zero-order valence-electron chi connectivity index (χ0n) is 16.4. The Balaban J connectivity index is 1.74. The van der Waals surface area contributed by atoms with E-state index in [9.17, 15) is 14.0 Å². The molecule has 8 nitrogen and oxygen atoms in total. The average Bonchev–Trinajstić information content (AvgIpc) is 3.19. The minimum Gasteiger partial charge on any atom is -0.481 e. The first-order valence-corrected chi connectivity index (χ1v) is 9.90. The Morgan fingerprint density at radius 3 is 2.77 bits per heavy atom. The molecule has 1 atom stereocenters. The Bertz CT molecular complexity index is 1200. The molecule has 0 spiro atoms. The molecular formula is C20H16Cl2FN5O3. The van der Waals surface area contributed by atoms with E-state index in [1.54, 1.807) is 19.2 Å². The SMILES string of the molecule is COc1cc2c(c(Cl)n1)-c1ccnn1C(C)C(=O)N2CC(=O)Nc1ccc(Cl)c(F)c1. The number of anilines is 2. The first-order valence-electron chi connectivity index (χ1n) is 9.15. The van der Waals surface area contributed by atoms with Gasteiger partial charge in [-0.3, -0.25) is 14.3 Å². The predicted molar refractivity (Wildman–Crippen MR) is 114 cm³/mol. The van der Waals surface area contributed by atoms with E-state index in [-0.39, 0.29) is 34.2 Å². The number of carbonyl (C=O) groups is 2. The van der Waals surface area contributed by atoms with Crippen molar-refractivity contribution in [3.63, 3.8) is 0 Å². The quantitative estimate of drug-likeness (QED) is 0.591. The molecule has 1 N–H and O–H groups in total. The van der Waals surface area contributed by atoms with Crippen molar-refractivity contribution in [1.82, 2.24) is 14.8 Å². The predicted octanol–water partition coefficient (Wildman–Crippen LogP) is 3.95. The lowest BCUT2D eigenvalue weighted by Gasteiger charge is -2.24. The van der Waals surface area contributed by atoms with Crippen LogP contribution in [-0.2, 0) is 9.59 Å². The van der Waals surface area contributed by atoms with Crippen LogP contribution in [0.4, 0.5) is 15.8 Å². The second-order valence-electron chi connectivity index (χ2n) is 6.79. The van der Waals surface area contributed by atoms with Gasteiger partial charge in [-0.2, -0.15) is 5.10 Å². The molecular weight excluding hydrogens is 448 g/mol. The topological polar surface area (TPSA) is 89.4 Å². The zero-order chi connectivity index (χ0) is 22.3. The lowest BCUT2D eigenvalue weighted by atomic mass is 10.1. The highest BCUT2D eigenvalue weighted by atomic mass is 35.5. The van der Waals surface area contributed by atoms with Crippen molar-refractivity contribution in [2.75, 3.05) is 23.9 Å². The third kappa shape index (κ3) is 3.82. The van der Waals surface area contributed by atoms with Crippen LogP contribution in [0.5, 0.6) is 5.88 Å². The van der Waals surface area contributed by atoms with E-state index >= 15 is 0 Å². The fourth-order valence-corrected chi connectivity index (χ4v) is 3.78.